The number of nitrogens with two attached hydrogens (primary N) is 1. The van der Waals surface area contributed by atoms with Crippen LogP contribution in [0.1, 0.15) is 47.0 Å². The van der Waals surface area contributed by atoms with Crippen LogP contribution in [0.15, 0.2) is 0 Å². The predicted molar refractivity (Wildman–Crippen MR) is 82.2 cm³/mol. The van der Waals surface area contributed by atoms with Crippen molar-refractivity contribution in [2.75, 3.05) is 26.7 Å². The molecule has 0 spiro atoms. The summed E-state index contributed by atoms with van der Waals surface area (Å²) < 4.78 is 0. The van der Waals surface area contributed by atoms with Crippen molar-refractivity contribution in [2.24, 2.45) is 17.1 Å². The van der Waals surface area contributed by atoms with Crippen LogP contribution in [-0.2, 0) is 0 Å². The van der Waals surface area contributed by atoms with E-state index in [0.29, 0.717) is 29.5 Å². The summed E-state index contributed by atoms with van der Waals surface area (Å²) in [6.07, 6.45) is 3.96. The first-order valence-electron chi connectivity index (χ1n) is 8.01. The first-order valence-corrected chi connectivity index (χ1v) is 8.01. The van der Waals surface area contributed by atoms with Crippen molar-refractivity contribution >= 4 is 0 Å². The van der Waals surface area contributed by atoms with Crippen molar-refractivity contribution in [3.8, 4) is 0 Å². The van der Waals surface area contributed by atoms with Crippen LogP contribution < -0.4 is 5.73 Å². The maximum absolute atomic E-state index is 6.53. The molecule has 2 fully saturated rings. The summed E-state index contributed by atoms with van der Waals surface area (Å²) in [5, 5.41) is 0. The Hall–Kier alpha value is -0.120. The van der Waals surface area contributed by atoms with Gasteiger partial charge in [-0.25, -0.2) is 0 Å². The van der Waals surface area contributed by atoms with Crippen molar-refractivity contribution in [3.05, 3.63) is 0 Å². The van der Waals surface area contributed by atoms with Crippen molar-refractivity contribution < 1.29 is 0 Å². The van der Waals surface area contributed by atoms with Gasteiger partial charge in [0.25, 0.3) is 0 Å². The molecule has 0 radical (unpaired) electrons. The standard InChI is InChI=1S/C16H33N3/c1-12-9-19(10-13(2)18(12)5)11-14-7-6-8-16(3,4)15(14)17/h12-15H,6-11,17H2,1-5H3. The molecule has 1 aliphatic carbocycles. The zero-order chi connectivity index (χ0) is 14.2. The highest BCUT2D eigenvalue weighted by atomic mass is 15.3. The van der Waals surface area contributed by atoms with Crippen LogP contribution in [-0.4, -0.2) is 54.6 Å². The monoisotopic (exact) mass is 267 g/mol. The second-order valence-corrected chi connectivity index (χ2v) is 7.75. The fraction of sp³-hybridized carbons (Fsp3) is 1.00. The molecule has 1 saturated heterocycles. The molecule has 1 saturated carbocycles. The average molecular weight is 267 g/mol. The molecule has 1 aliphatic heterocycles. The maximum Gasteiger partial charge on any atom is 0.0195 e. The second-order valence-electron chi connectivity index (χ2n) is 7.75. The Morgan fingerprint density at radius 3 is 2.32 bits per heavy atom. The van der Waals surface area contributed by atoms with Crippen LogP contribution in [0, 0.1) is 11.3 Å². The van der Waals surface area contributed by atoms with E-state index in [1.165, 1.54) is 38.9 Å². The lowest BCUT2D eigenvalue weighted by Gasteiger charge is -2.47. The molecule has 3 nitrogen and oxygen atoms in total. The molecule has 0 aromatic rings. The molecule has 0 aromatic carbocycles. The third kappa shape index (κ3) is 3.32. The van der Waals surface area contributed by atoms with Gasteiger partial charge in [-0.2, -0.15) is 0 Å². The summed E-state index contributed by atoms with van der Waals surface area (Å²) in [6.45, 7) is 13.0. The number of nitrogens with zero attached hydrogens (tertiary/aromatic N) is 2. The highest BCUT2D eigenvalue weighted by Crippen LogP contribution is 2.38. The lowest BCUT2D eigenvalue weighted by atomic mass is 9.68. The molecule has 19 heavy (non-hydrogen) atoms. The molecule has 0 amide bonds. The van der Waals surface area contributed by atoms with Gasteiger partial charge in [0.05, 0.1) is 0 Å². The zero-order valence-corrected chi connectivity index (χ0v) is 13.5. The molecule has 0 aromatic heterocycles. The van der Waals surface area contributed by atoms with Crippen molar-refractivity contribution in [1.29, 1.82) is 0 Å². The van der Waals surface area contributed by atoms with E-state index in [4.69, 9.17) is 5.73 Å². The largest absolute Gasteiger partial charge is 0.327 e. The fourth-order valence-corrected chi connectivity index (χ4v) is 4.00. The number of hydrogen-bond acceptors (Lipinski definition) is 3. The minimum absolute atomic E-state index is 0.326. The lowest BCUT2D eigenvalue weighted by Crippen LogP contribution is -2.58. The summed E-state index contributed by atoms with van der Waals surface area (Å²) in [5.41, 5.74) is 6.86. The summed E-state index contributed by atoms with van der Waals surface area (Å²) in [4.78, 5) is 5.16. The van der Waals surface area contributed by atoms with Crippen LogP contribution in [0.4, 0.5) is 0 Å². The van der Waals surface area contributed by atoms with E-state index >= 15 is 0 Å². The van der Waals surface area contributed by atoms with Gasteiger partial charge in [-0.05, 0) is 45.1 Å². The first kappa shape index (κ1) is 15.3. The lowest BCUT2D eigenvalue weighted by molar-refractivity contribution is 0.0309. The topological polar surface area (TPSA) is 32.5 Å². The summed E-state index contributed by atoms with van der Waals surface area (Å²) >= 11 is 0. The van der Waals surface area contributed by atoms with Gasteiger partial charge < -0.3 is 5.73 Å². The van der Waals surface area contributed by atoms with E-state index in [0.717, 1.165) is 0 Å². The molecule has 4 unspecified atom stereocenters. The third-order valence-electron chi connectivity index (χ3n) is 5.73. The summed E-state index contributed by atoms with van der Waals surface area (Å²) in [6, 6.07) is 1.69. The van der Waals surface area contributed by atoms with Crippen molar-refractivity contribution in [2.45, 2.75) is 65.1 Å². The molecular weight excluding hydrogens is 234 g/mol. The van der Waals surface area contributed by atoms with Crippen molar-refractivity contribution in [3.63, 3.8) is 0 Å². The van der Waals surface area contributed by atoms with Crippen LogP contribution in [0.2, 0.25) is 0 Å². The Balaban J connectivity index is 1.94. The Morgan fingerprint density at radius 2 is 1.74 bits per heavy atom. The predicted octanol–water partition coefficient (Wildman–Crippen LogP) is 2.16. The molecule has 2 aliphatic rings. The maximum atomic E-state index is 6.53. The average Bonchev–Trinajstić information content (AvgIpc) is 2.32. The van der Waals surface area contributed by atoms with E-state index in [-0.39, 0.29) is 0 Å². The van der Waals surface area contributed by atoms with Gasteiger partial charge in [-0.3, -0.25) is 9.80 Å². The number of likely N-dealkylation sites (N-methyl/N-ethyl adjacent to an activating group) is 1. The molecule has 112 valence electrons. The SMILES string of the molecule is CC1CN(CC2CCCC(C)(C)C2N)CC(C)N1C. The normalized spacial score (nSPS) is 41.4. The van der Waals surface area contributed by atoms with E-state index in [1.807, 2.05) is 0 Å². The van der Waals surface area contributed by atoms with E-state index < -0.39 is 0 Å². The van der Waals surface area contributed by atoms with Gasteiger partial charge in [0.15, 0.2) is 0 Å². The van der Waals surface area contributed by atoms with Crippen LogP contribution in [0.5, 0.6) is 0 Å². The zero-order valence-electron chi connectivity index (χ0n) is 13.5. The molecule has 0 bridgehead atoms. The second kappa shape index (κ2) is 5.71. The van der Waals surface area contributed by atoms with Crippen LogP contribution in [0.25, 0.3) is 0 Å². The van der Waals surface area contributed by atoms with Gasteiger partial charge >= 0.3 is 0 Å². The quantitative estimate of drug-likeness (QED) is 0.832. The number of rotatable bonds is 2. The van der Waals surface area contributed by atoms with E-state index in [9.17, 15) is 0 Å². The molecule has 3 heteroatoms. The fourth-order valence-electron chi connectivity index (χ4n) is 4.00. The molecular formula is C16H33N3. The highest BCUT2D eigenvalue weighted by molar-refractivity contribution is 4.93. The Kier molecular flexibility index (Phi) is 4.59. The molecule has 1 heterocycles. The Bertz CT molecular complexity index is 290. The van der Waals surface area contributed by atoms with Gasteiger partial charge in [0.1, 0.15) is 0 Å². The molecule has 4 atom stereocenters. The van der Waals surface area contributed by atoms with Crippen LogP contribution >= 0.6 is 0 Å². The summed E-state index contributed by atoms with van der Waals surface area (Å²) in [5.74, 6) is 0.687. The molecule has 2 N–H and O–H groups in total. The van der Waals surface area contributed by atoms with Gasteiger partial charge in [-0.15, -0.1) is 0 Å². The summed E-state index contributed by atoms with van der Waals surface area (Å²) in [7, 11) is 2.25. The highest BCUT2D eigenvalue weighted by Gasteiger charge is 2.38. The number of piperazine rings is 1. The minimum Gasteiger partial charge on any atom is -0.327 e. The van der Waals surface area contributed by atoms with Crippen molar-refractivity contribution in [1.82, 2.24) is 9.80 Å². The Labute approximate surface area is 119 Å². The smallest absolute Gasteiger partial charge is 0.0195 e. The number of hydrogen-bond donors (Lipinski definition) is 1. The third-order valence-corrected chi connectivity index (χ3v) is 5.73. The van der Waals surface area contributed by atoms with Gasteiger partial charge in [0.2, 0.25) is 0 Å². The van der Waals surface area contributed by atoms with Gasteiger partial charge in [-0.1, -0.05) is 20.3 Å². The molecule has 2 rings (SSSR count). The van der Waals surface area contributed by atoms with E-state index in [2.05, 4.69) is 44.5 Å². The van der Waals surface area contributed by atoms with Crippen LogP contribution in [0.3, 0.4) is 0 Å². The van der Waals surface area contributed by atoms with E-state index in [1.54, 1.807) is 0 Å². The minimum atomic E-state index is 0.326. The first-order chi connectivity index (χ1) is 8.81. The van der Waals surface area contributed by atoms with Gasteiger partial charge in [0, 0.05) is 37.8 Å². The Morgan fingerprint density at radius 1 is 1.16 bits per heavy atom.